The molecule has 15 heavy (non-hydrogen) atoms. The van der Waals surface area contributed by atoms with Crippen LogP contribution in [0, 0.1) is 25.2 Å². The standard InChI is InChI=1S/C11H12N2OS/c1-4-5-10(14)13-11-9(6-12)7(2)8(3)15-11/h4-5H,1-3H3,(H,13,14). The van der Waals surface area contributed by atoms with E-state index in [-0.39, 0.29) is 5.91 Å². The van der Waals surface area contributed by atoms with Crippen LogP contribution in [-0.4, -0.2) is 5.91 Å². The van der Waals surface area contributed by atoms with Crippen LogP contribution >= 0.6 is 11.3 Å². The summed E-state index contributed by atoms with van der Waals surface area (Å²) in [6, 6.07) is 2.10. The zero-order valence-electron chi connectivity index (χ0n) is 8.92. The van der Waals surface area contributed by atoms with Gasteiger partial charge in [0.1, 0.15) is 11.1 Å². The van der Waals surface area contributed by atoms with E-state index in [0.29, 0.717) is 10.6 Å². The molecule has 0 aliphatic carbocycles. The minimum absolute atomic E-state index is 0.199. The SMILES string of the molecule is CC=CC(=O)Nc1sc(C)c(C)c1C#N. The summed E-state index contributed by atoms with van der Waals surface area (Å²) >= 11 is 1.43. The molecule has 1 N–H and O–H groups in total. The number of hydrogen-bond donors (Lipinski definition) is 1. The van der Waals surface area contributed by atoms with E-state index < -0.39 is 0 Å². The molecule has 0 saturated heterocycles. The van der Waals surface area contributed by atoms with Gasteiger partial charge in [0.2, 0.25) is 5.91 Å². The summed E-state index contributed by atoms with van der Waals surface area (Å²) in [7, 11) is 0. The number of thiophene rings is 1. The Morgan fingerprint density at radius 2 is 2.20 bits per heavy atom. The fourth-order valence-electron chi connectivity index (χ4n) is 1.15. The van der Waals surface area contributed by atoms with Crippen LogP contribution in [0.2, 0.25) is 0 Å². The molecule has 1 heterocycles. The lowest BCUT2D eigenvalue weighted by Gasteiger charge is -1.97. The van der Waals surface area contributed by atoms with Crippen LogP contribution in [0.4, 0.5) is 5.00 Å². The van der Waals surface area contributed by atoms with Gasteiger partial charge in [-0.05, 0) is 32.4 Å². The molecule has 0 saturated carbocycles. The zero-order valence-corrected chi connectivity index (χ0v) is 9.73. The van der Waals surface area contributed by atoms with E-state index in [0.717, 1.165) is 10.4 Å². The van der Waals surface area contributed by atoms with E-state index in [9.17, 15) is 4.79 Å². The monoisotopic (exact) mass is 220 g/mol. The van der Waals surface area contributed by atoms with E-state index in [4.69, 9.17) is 5.26 Å². The van der Waals surface area contributed by atoms with E-state index in [1.807, 2.05) is 13.8 Å². The van der Waals surface area contributed by atoms with Gasteiger partial charge in [-0.3, -0.25) is 4.79 Å². The van der Waals surface area contributed by atoms with Crippen molar-refractivity contribution in [2.75, 3.05) is 5.32 Å². The van der Waals surface area contributed by atoms with Crippen LogP contribution in [0.1, 0.15) is 22.9 Å². The number of amides is 1. The van der Waals surface area contributed by atoms with Gasteiger partial charge in [-0.2, -0.15) is 5.26 Å². The molecule has 3 nitrogen and oxygen atoms in total. The van der Waals surface area contributed by atoms with Gasteiger partial charge >= 0.3 is 0 Å². The summed E-state index contributed by atoms with van der Waals surface area (Å²) in [6.07, 6.45) is 3.10. The lowest BCUT2D eigenvalue weighted by molar-refractivity contribution is -0.111. The van der Waals surface area contributed by atoms with Crippen molar-refractivity contribution in [3.8, 4) is 6.07 Å². The second-order valence-corrected chi connectivity index (χ2v) is 4.31. The molecule has 0 aliphatic heterocycles. The molecule has 0 aliphatic rings. The maximum atomic E-state index is 11.3. The van der Waals surface area contributed by atoms with Gasteiger partial charge in [-0.15, -0.1) is 11.3 Å². The number of carbonyl (C=O) groups excluding carboxylic acids is 1. The Kier molecular flexibility index (Phi) is 3.64. The molecule has 1 rings (SSSR count). The molecule has 1 aromatic heterocycles. The fraction of sp³-hybridized carbons (Fsp3) is 0.273. The van der Waals surface area contributed by atoms with Crippen molar-refractivity contribution in [2.24, 2.45) is 0 Å². The number of anilines is 1. The van der Waals surface area contributed by atoms with E-state index in [1.54, 1.807) is 13.0 Å². The van der Waals surface area contributed by atoms with Crippen molar-refractivity contribution >= 4 is 22.2 Å². The van der Waals surface area contributed by atoms with Gasteiger partial charge in [0, 0.05) is 4.88 Å². The Bertz CT molecular complexity index is 452. The highest BCUT2D eigenvalue weighted by Crippen LogP contribution is 2.31. The van der Waals surface area contributed by atoms with E-state index in [2.05, 4.69) is 11.4 Å². The Morgan fingerprint density at radius 1 is 1.53 bits per heavy atom. The summed E-state index contributed by atoms with van der Waals surface area (Å²) in [5.41, 5.74) is 1.51. The maximum Gasteiger partial charge on any atom is 0.248 e. The van der Waals surface area contributed by atoms with Crippen molar-refractivity contribution in [3.05, 3.63) is 28.2 Å². The number of nitrogens with zero attached hydrogens (tertiary/aromatic N) is 1. The molecule has 0 fully saturated rings. The normalized spacial score (nSPS) is 10.3. The van der Waals surface area contributed by atoms with Crippen molar-refractivity contribution in [2.45, 2.75) is 20.8 Å². The van der Waals surface area contributed by atoms with Crippen LogP contribution < -0.4 is 5.32 Å². The number of nitrogens with one attached hydrogen (secondary N) is 1. The number of rotatable bonds is 2. The molecule has 0 bridgehead atoms. The van der Waals surface area contributed by atoms with Crippen LogP contribution in [0.3, 0.4) is 0 Å². The molecule has 1 aromatic rings. The average molecular weight is 220 g/mol. The van der Waals surface area contributed by atoms with Gasteiger partial charge in [0.05, 0.1) is 5.56 Å². The summed E-state index contributed by atoms with van der Waals surface area (Å²) < 4.78 is 0. The van der Waals surface area contributed by atoms with Crippen molar-refractivity contribution in [1.82, 2.24) is 0 Å². The predicted octanol–water partition coefficient (Wildman–Crippen LogP) is 2.75. The first-order valence-electron chi connectivity index (χ1n) is 4.54. The summed E-state index contributed by atoms with van der Waals surface area (Å²) in [6.45, 7) is 5.59. The Labute approximate surface area is 93.0 Å². The third kappa shape index (κ3) is 2.45. The molecule has 0 unspecified atom stereocenters. The second-order valence-electron chi connectivity index (χ2n) is 3.09. The van der Waals surface area contributed by atoms with Crippen molar-refractivity contribution in [3.63, 3.8) is 0 Å². The van der Waals surface area contributed by atoms with Gasteiger partial charge in [-0.1, -0.05) is 6.08 Å². The zero-order chi connectivity index (χ0) is 11.4. The maximum absolute atomic E-state index is 11.3. The largest absolute Gasteiger partial charge is 0.313 e. The quantitative estimate of drug-likeness (QED) is 0.779. The smallest absolute Gasteiger partial charge is 0.248 e. The number of nitriles is 1. The van der Waals surface area contributed by atoms with Gasteiger partial charge in [0.25, 0.3) is 0 Å². The molecule has 4 heteroatoms. The number of allylic oxidation sites excluding steroid dienone is 1. The Hall–Kier alpha value is -1.60. The molecule has 0 spiro atoms. The lowest BCUT2D eigenvalue weighted by atomic mass is 10.2. The predicted molar refractivity (Wildman–Crippen MR) is 62.0 cm³/mol. The molecule has 0 atom stereocenters. The first-order chi connectivity index (χ1) is 7.10. The number of hydrogen-bond acceptors (Lipinski definition) is 3. The van der Waals surface area contributed by atoms with E-state index in [1.165, 1.54) is 17.4 Å². The highest BCUT2D eigenvalue weighted by Gasteiger charge is 2.12. The van der Waals surface area contributed by atoms with E-state index >= 15 is 0 Å². The van der Waals surface area contributed by atoms with Crippen molar-refractivity contribution in [1.29, 1.82) is 5.26 Å². The second kappa shape index (κ2) is 4.76. The Balaban J connectivity index is 3.01. The first kappa shape index (κ1) is 11.5. The highest BCUT2D eigenvalue weighted by atomic mass is 32.1. The minimum atomic E-state index is -0.199. The third-order valence-electron chi connectivity index (χ3n) is 2.05. The van der Waals surface area contributed by atoms with Crippen LogP contribution in [0.15, 0.2) is 12.2 Å². The Morgan fingerprint density at radius 3 is 2.73 bits per heavy atom. The van der Waals surface area contributed by atoms with Crippen LogP contribution in [0.5, 0.6) is 0 Å². The number of carbonyl (C=O) groups is 1. The topological polar surface area (TPSA) is 52.9 Å². The molecular formula is C11H12N2OS. The number of aryl methyl sites for hydroxylation is 1. The van der Waals surface area contributed by atoms with Gasteiger partial charge < -0.3 is 5.32 Å². The summed E-state index contributed by atoms with van der Waals surface area (Å²) in [5, 5.41) is 12.3. The fourth-order valence-corrected chi connectivity index (χ4v) is 2.17. The van der Waals surface area contributed by atoms with Crippen LogP contribution in [-0.2, 0) is 4.79 Å². The molecule has 0 radical (unpaired) electrons. The molecule has 1 amide bonds. The highest BCUT2D eigenvalue weighted by molar-refractivity contribution is 7.16. The molecular weight excluding hydrogens is 208 g/mol. The minimum Gasteiger partial charge on any atom is -0.313 e. The lowest BCUT2D eigenvalue weighted by Crippen LogP contribution is -2.07. The molecule has 78 valence electrons. The average Bonchev–Trinajstić information content (AvgIpc) is 2.42. The van der Waals surface area contributed by atoms with Crippen LogP contribution in [0.25, 0.3) is 0 Å². The molecule has 0 aromatic carbocycles. The summed E-state index contributed by atoms with van der Waals surface area (Å²) in [5.74, 6) is -0.199. The van der Waals surface area contributed by atoms with Crippen molar-refractivity contribution < 1.29 is 4.79 Å². The van der Waals surface area contributed by atoms with Gasteiger partial charge in [-0.25, -0.2) is 0 Å². The first-order valence-corrected chi connectivity index (χ1v) is 5.35. The third-order valence-corrected chi connectivity index (χ3v) is 3.17. The summed E-state index contributed by atoms with van der Waals surface area (Å²) in [4.78, 5) is 12.4. The van der Waals surface area contributed by atoms with Gasteiger partial charge in [0.15, 0.2) is 0 Å².